The van der Waals surface area contributed by atoms with Gasteiger partial charge in [-0.1, -0.05) is 6.08 Å². The summed E-state index contributed by atoms with van der Waals surface area (Å²) in [6.07, 6.45) is 2.12. The Morgan fingerprint density at radius 2 is 2.25 bits per heavy atom. The van der Waals surface area contributed by atoms with Gasteiger partial charge < -0.3 is 25.8 Å². The van der Waals surface area contributed by atoms with Gasteiger partial charge in [0.25, 0.3) is 0 Å². The standard InChI is InChI=1S/C12H19N3O5/c1-20-7-8-2-4-15(5-3-8)12(19)14-9(11(17)18)6-10(13)16/h2,9H,3-7H2,1H3,(H2,13,16)(H,14,19)(H,17,18)/t9-/m0/s1. The number of ether oxygens (including phenoxy) is 1. The van der Waals surface area contributed by atoms with E-state index in [1.807, 2.05) is 6.08 Å². The van der Waals surface area contributed by atoms with E-state index in [-0.39, 0.29) is 0 Å². The fourth-order valence-corrected chi connectivity index (χ4v) is 1.85. The van der Waals surface area contributed by atoms with Gasteiger partial charge in [-0.05, 0) is 12.0 Å². The number of amides is 3. The third-order valence-corrected chi connectivity index (χ3v) is 2.92. The van der Waals surface area contributed by atoms with Gasteiger partial charge in [-0.25, -0.2) is 9.59 Å². The second kappa shape index (κ2) is 7.49. The number of methoxy groups -OCH3 is 1. The molecular weight excluding hydrogens is 266 g/mol. The maximum atomic E-state index is 11.9. The van der Waals surface area contributed by atoms with Gasteiger partial charge in [0.2, 0.25) is 5.91 Å². The van der Waals surface area contributed by atoms with Gasteiger partial charge in [0, 0.05) is 20.2 Å². The Kier molecular flexibility index (Phi) is 5.98. The summed E-state index contributed by atoms with van der Waals surface area (Å²) in [5.74, 6) is -2.07. The SMILES string of the molecule is COCC1=CCN(C(=O)N[C@@H](CC(N)=O)C(=O)O)CC1. The number of primary amides is 1. The van der Waals surface area contributed by atoms with E-state index in [1.165, 1.54) is 4.90 Å². The zero-order chi connectivity index (χ0) is 15.1. The Bertz CT molecular complexity index is 421. The summed E-state index contributed by atoms with van der Waals surface area (Å²) in [6, 6.07) is -1.82. The number of carboxylic acid groups (broad SMARTS) is 1. The van der Waals surface area contributed by atoms with Crippen molar-refractivity contribution in [3.8, 4) is 0 Å². The minimum atomic E-state index is -1.30. The van der Waals surface area contributed by atoms with Crippen LogP contribution in [-0.4, -0.2) is 60.8 Å². The largest absolute Gasteiger partial charge is 0.480 e. The van der Waals surface area contributed by atoms with E-state index in [4.69, 9.17) is 15.6 Å². The van der Waals surface area contributed by atoms with Crippen LogP contribution in [0.3, 0.4) is 0 Å². The van der Waals surface area contributed by atoms with Gasteiger partial charge >= 0.3 is 12.0 Å². The Hall–Kier alpha value is -2.09. The van der Waals surface area contributed by atoms with Crippen LogP contribution < -0.4 is 11.1 Å². The summed E-state index contributed by atoms with van der Waals surface area (Å²) in [7, 11) is 1.60. The number of carbonyl (C=O) groups is 3. The summed E-state index contributed by atoms with van der Waals surface area (Å²) in [5, 5.41) is 11.2. The van der Waals surface area contributed by atoms with Crippen molar-refractivity contribution in [2.75, 3.05) is 26.8 Å². The van der Waals surface area contributed by atoms with Crippen molar-refractivity contribution in [2.45, 2.75) is 18.9 Å². The van der Waals surface area contributed by atoms with Gasteiger partial charge in [0.1, 0.15) is 6.04 Å². The van der Waals surface area contributed by atoms with E-state index in [1.54, 1.807) is 7.11 Å². The molecule has 1 heterocycles. The maximum absolute atomic E-state index is 11.9. The number of carbonyl (C=O) groups excluding carboxylic acids is 2. The number of hydrogen-bond donors (Lipinski definition) is 3. The Labute approximate surface area is 116 Å². The lowest BCUT2D eigenvalue weighted by atomic mass is 10.1. The summed E-state index contributed by atoms with van der Waals surface area (Å²) in [6.45, 7) is 1.38. The molecule has 4 N–H and O–H groups in total. The highest BCUT2D eigenvalue weighted by Crippen LogP contribution is 2.11. The molecule has 112 valence electrons. The van der Waals surface area contributed by atoms with Gasteiger partial charge in [0.15, 0.2) is 0 Å². The van der Waals surface area contributed by atoms with Crippen LogP contribution in [0.1, 0.15) is 12.8 Å². The molecule has 0 spiro atoms. The van der Waals surface area contributed by atoms with Gasteiger partial charge in [-0.2, -0.15) is 0 Å². The minimum Gasteiger partial charge on any atom is -0.480 e. The molecule has 1 rings (SSSR count). The molecule has 0 aliphatic carbocycles. The van der Waals surface area contributed by atoms with Gasteiger partial charge in [0.05, 0.1) is 13.0 Å². The molecule has 0 aromatic rings. The van der Waals surface area contributed by atoms with E-state index in [2.05, 4.69) is 5.32 Å². The first-order valence-corrected chi connectivity index (χ1v) is 6.17. The lowest BCUT2D eigenvalue weighted by molar-refractivity contribution is -0.140. The van der Waals surface area contributed by atoms with Crippen LogP contribution in [0.2, 0.25) is 0 Å². The number of carboxylic acids is 1. The smallest absolute Gasteiger partial charge is 0.326 e. The molecule has 0 fully saturated rings. The summed E-state index contributed by atoms with van der Waals surface area (Å²) >= 11 is 0. The number of hydrogen-bond acceptors (Lipinski definition) is 4. The fourth-order valence-electron chi connectivity index (χ4n) is 1.85. The molecule has 1 aliphatic rings. The average molecular weight is 285 g/mol. The van der Waals surface area contributed by atoms with E-state index < -0.39 is 30.4 Å². The summed E-state index contributed by atoms with van der Waals surface area (Å²) in [5.41, 5.74) is 6.05. The predicted octanol–water partition coefficient (Wildman–Crippen LogP) is -0.697. The van der Waals surface area contributed by atoms with Crippen LogP contribution in [0.4, 0.5) is 4.79 Å². The zero-order valence-corrected chi connectivity index (χ0v) is 11.3. The molecule has 3 amide bonds. The van der Waals surface area contributed by atoms with Crippen molar-refractivity contribution < 1.29 is 24.2 Å². The third-order valence-electron chi connectivity index (χ3n) is 2.92. The fraction of sp³-hybridized carbons (Fsp3) is 0.583. The Balaban J connectivity index is 2.54. The van der Waals surface area contributed by atoms with E-state index in [9.17, 15) is 14.4 Å². The number of nitrogens with two attached hydrogens (primary N) is 1. The number of nitrogens with zero attached hydrogens (tertiary/aromatic N) is 1. The van der Waals surface area contributed by atoms with Crippen molar-refractivity contribution in [2.24, 2.45) is 5.73 Å². The normalized spacial score (nSPS) is 16.2. The first-order valence-electron chi connectivity index (χ1n) is 6.17. The van der Waals surface area contributed by atoms with Crippen molar-refractivity contribution >= 4 is 17.9 Å². The van der Waals surface area contributed by atoms with Crippen molar-refractivity contribution in [1.82, 2.24) is 10.2 Å². The molecule has 0 aromatic heterocycles. The highest BCUT2D eigenvalue weighted by Gasteiger charge is 2.25. The number of aliphatic carboxylic acids is 1. The topological polar surface area (TPSA) is 122 Å². The van der Waals surface area contributed by atoms with Crippen LogP contribution in [0.15, 0.2) is 11.6 Å². The summed E-state index contributed by atoms with van der Waals surface area (Å²) in [4.78, 5) is 35.0. The Morgan fingerprint density at radius 1 is 1.55 bits per heavy atom. The van der Waals surface area contributed by atoms with E-state index in [0.717, 1.165) is 5.57 Å². The monoisotopic (exact) mass is 285 g/mol. The number of urea groups is 1. The van der Waals surface area contributed by atoms with Crippen LogP contribution in [0.25, 0.3) is 0 Å². The highest BCUT2D eigenvalue weighted by atomic mass is 16.5. The average Bonchev–Trinajstić information content (AvgIpc) is 2.38. The molecule has 0 unspecified atom stereocenters. The predicted molar refractivity (Wildman–Crippen MR) is 69.9 cm³/mol. The zero-order valence-electron chi connectivity index (χ0n) is 11.3. The van der Waals surface area contributed by atoms with Crippen molar-refractivity contribution in [3.05, 3.63) is 11.6 Å². The summed E-state index contributed by atoms with van der Waals surface area (Å²) < 4.78 is 5.00. The van der Waals surface area contributed by atoms with Crippen LogP contribution in [0, 0.1) is 0 Å². The second-order valence-electron chi connectivity index (χ2n) is 4.50. The molecule has 8 nitrogen and oxygen atoms in total. The van der Waals surface area contributed by atoms with Crippen LogP contribution >= 0.6 is 0 Å². The lowest BCUT2D eigenvalue weighted by Gasteiger charge is -2.27. The van der Waals surface area contributed by atoms with Gasteiger partial charge in [-0.15, -0.1) is 0 Å². The number of rotatable bonds is 6. The molecule has 0 bridgehead atoms. The molecule has 8 heteroatoms. The highest BCUT2D eigenvalue weighted by molar-refractivity contribution is 5.87. The number of nitrogens with one attached hydrogen (secondary N) is 1. The third kappa shape index (κ3) is 4.88. The van der Waals surface area contributed by atoms with Gasteiger partial charge in [-0.3, -0.25) is 4.79 Å². The molecule has 0 aromatic carbocycles. The first kappa shape index (κ1) is 16.0. The van der Waals surface area contributed by atoms with Crippen LogP contribution in [-0.2, 0) is 14.3 Å². The van der Waals surface area contributed by atoms with Crippen molar-refractivity contribution in [3.63, 3.8) is 0 Å². The molecule has 1 atom stereocenters. The molecular formula is C12H19N3O5. The lowest BCUT2D eigenvalue weighted by Crippen LogP contribution is -2.50. The quantitative estimate of drug-likeness (QED) is 0.557. The van der Waals surface area contributed by atoms with E-state index >= 15 is 0 Å². The van der Waals surface area contributed by atoms with Crippen LogP contribution in [0.5, 0.6) is 0 Å². The molecule has 20 heavy (non-hydrogen) atoms. The first-order chi connectivity index (χ1) is 9.43. The molecule has 0 saturated carbocycles. The van der Waals surface area contributed by atoms with E-state index in [0.29, 0.717) is 26.1 Å². The minimum absolute atomic E-state index is 0.382. The maximum Gasteiger partial charge on any atom is 0.326 e. The molecule has 0 saturated heterocycles. The van der Waals surface area contributed by atoms with Crippen molar-refractivity contribution in [1.29, 1.82) is 0 Å². The Morgan fingerprint density at radius 3 is 2.70 bits per heavy atom. The molecule has 0 radical (unpaired) electrons. The second-order valence-corrected chi connectivity index (χ2v) is 4.50. The molecule has 1 aliphatic heterocycles.